The summed E-state index contributed by atoms with van der Waals surface area (Å²) in [4.78, 5) is 30.7. The third-order valence-electron chi connectivity index (χ3n) is 4.27. The first kappa shape index (κ1) is 20.3. The van der Waals surface area contributed by atoms with E-state index in [2.05, 4.69) is 15.1 Å². The molecular formula is C17H30N4O3. The van der Waals surface area contributed by atoms with E-state index in [-0.39, 0.29) is 23.5 Å². The molecule has 2 N–H and O–H groups in total. The third-order valence-corrected chi connectivity index (χ3v) is 4.27. The molecule has 0 bridgehead atoms. The predicted octanol–water partition coefficient (Wildman–Crippen LogP) is 3.77. The lowest BCUT2D eigenvalue weighted by Crippen LogP contribution is -2.28. The van der Waals surface area contributed by atoms with Crippen LogP contribution in [0.15, 0.2) is 11.5 Å². The monoisotopic (exact) mass is 338 g/mol. The minimum absolute atomic E-state index is 0.0833. The molecule has 1 atom stereocenters. The summed E-state index contributed by atoms with van der Waals surface area (Å²) in [5.41, 5.74) is 0.154. The second-order valence-electron chi connectivity index (χ2n) is 6.24. The summed E-state index contributed by atoms with van der Waals surface area (Å²) in [5.74, 6) is -0.336. The average molecular weight is 338 g/mol. The highest BCUT2D eigenvalue weighted by Gasteiger charge is 2.18. The van der Waals surface area contributed by atoms with Crippen LogP contribution >= 0.6 is 0 Å². The molecule has 7 heteroatoms. The van der Waals surface area contributed by atoms with Crippen LogP contribution in [0.5, 0.6) is 0 Å². The Hall–Kier alpha value is -1.76. The fraction of sp³-hybridized carbons (Fsp3) is 0.765. The van der Waals surface area contributed by atoms with Crippen LogP contribution < -0.4 is 0 Å². The van der Waals surface area contributed by atoms with E-state index < -0.39 is 0 Å². The number of aliphatic hydroxyl groups excluding tert-OH is 1. The number of carbonyl (C=O) groups excluding carboxylic acids is 1. The van der Waals surface area contributed by atoms with Crippen LogP contribution in [0, 0.1) is 4.91 Å². The Morgan fingerprint density at radius 1 is 1.25 bits per heavy atom. The van der Waals surface area contributed by atoms with Crippen molar-refractivity contribution in [2.45, 2.75) is 70.8 Å². The molecule has 136 valence electrons. The Morgan fingerprint density at radius 3 is 2.50 bits per heavy atom. The van der Waals surface area contributed by atoms with Crippen molar-refractivity contribution in [1.29, 1.82) is 0 Å². The van der Waals surface area contributed by atoms with Gasteiger partial charge in [0, 0.05) is 13.6 Å². The maximum absolute atomic E-state index is 12.1. The van der Waals surface area contributed by atoms with Crippen LogP contribution in [0.4, 0.5) is 5.82 Å². The summed E-state index contributed by atoms with van der Waals surface area (Å²) in [7, 11) is 1.72. The van der Waals surface area contributed by atoms with Gasteiger partial charge in [0.2, 0.25) is 5.82 Å². The molecule has 0 aliphatic rings. The lowest BCUT2D eigenvalue weighted by molar-refractivity contribution is 0.0788. The number of imidazole rings is 1. The zero-order valence-electron chi connectivity index (χ0n) is 14.8. The first-order valence-corrected chi connectivity index (χ1v) is 8.90. The number of unbranched alkanes of at least 4 members (excludes halogenated alkanes) is 6. The van der Waals surface area contributed by atoms with Crippen LogP contribution in [0.2, 0.25) is 0 Å². The number of aliphatic hydroxyl groups is 1. The number of carbonyl (C=O) groups is 1. The van der Waals surface area contributed by atoms with E-state index in [1.807, 2.05) is 6.92 Å². The molecule has 1 aromatic rings. The van der Waals surface area contributed by atoms with Crippen LogP contribution in [-0.4, -0.2) is 45.6 Å². The molecule has 0 saturated carbocycles. The molecule has 7 nitrogen and oxygen atoms in total. The quantitative estimate of drug-likeness (QED) is 0.422. The van der Waals surface area contributed by atoms with Crippen LogP contribution in [-0.2, 0) is 0 Å². The smallest absolute Gasteiger partial charge is 0.274 e. The molecule has 1 unspecified atom stereocenters. The van der Waals surface area contributed by atoms with Crippen molar-refractivity contribution in [3.8, 4) is 0 Å². The number of nitrogens with one attached hydrogen (secondary N) is 1. The van der Waals surface area contributed by atoms with E-state index in [1.165, 1.54) is 25.6 Å². The number of hydrogen-bond donors (Lipinski definition) is 2. The number of nitrogens with zero attached hydrogens (tertiary/aromatic N) is 3. The van der Waals surface area contributed by atoms with E-state index in [9.17, 15) is 14.8 Å². The van der Waals surface area contributed by atoms with Gasteiger partial charge in [-0.25, -0.2) is 4.98 Å². The number of H-pyrrole nitrogens is 1. The third kappa shape index (κ3) is 7.21. The van der Waals surface area contributed by atoms with Gasteiger partial charge in [-0.15, -0.1) is 4.91 Å². The zero-order chi connectivity index (χ0) is 17.8. The molecule has 1 heterocycles. The van der Waals surface area contributed by atoms with E-state index in [4.69, 9.17) is 0 Å². The predicted molar refractivity (Wildman–Crippen MR) is 94.2 cm³/mol. The summed E-state index contributed by atoms with van der Waals surface area (Å²) < 4.78 is 0. The minimum atomic E-state index is -0.253. The van der Waals surface area contributed by atoms with Crippen molar-refractivity contribution in [1.82, 2.24) is 14.9 Å². The maximum atomic E-state index is 12.1. The van der Waals surface area contributed by atoms with Crippen molar-refractivity contribution in [3.05, 3.63) is 16.9 Å². The maximum Gasteiger partial charge on any atom is 0.274 e. The topological polar surface area (TPSA) is 98.7 Å². The van der Waals surface area contributed by atoms with Crippen molar-refractivity contribution in [2.24, 2.45) is 5.18 Å². The lowest BCUT2D eigenvalue weighted by atomic mass is 10.1. The Balaban J connectivity index is 2.06. The number of rotatable bonds is 13. The highest BCUT2D eigenvalue weighted by molar-refractivity contribution is 5.96. The van der Waals surface area contributed by atoms with Crippen LogP contribution in [0.1, 0.15) is 75.2 Å². The van der Waals surface area contributed by atoms with Gasteiger partial charge >= 0.3 is 0 Å². The van der Waals surface area contributed by atoms with Gasteiger partial charge in [0.25, 0.3) is 5.91 Å². The molecule has 1 rings (SSSR count). The van der Waals surface area contributed by atoms with Gasteiger partial charge in [0.1, 0.15) is 0 Å². The molecule has 1 amide bonds. The minimum Gasteiger partial charge on any atom is -0.393 e. The standard InChI is InChI=1S/C17H30N4O3/c1-3-14(22)11-9-7-5-4-6-8-10-12-21(2)17(23)15-16(20-24)19-13-18-15/h13-14,22H,3-12H2,1-2H3,(H,18,19). The molecule has 0 aromatic carbocycles. The molecule has 0 spiro atoms. The van der Waals surface area contributed by atoms with Crippen LogP contribution in [0.3, 0.4) is 0 Å². The highest BCUT2D eigenvalue weighted by atomic mass is 16.3. The number of aromatic nitrogens is 2. The molecule has 1 aromatic heterocycles. The van der Waals surface area contributed by atoms with Gasteiger partial charge in [-0.3, -0.25) is 4.79 Å². The van der Waals surface area contributed by atoms with Gasteiger partial charge in [0.15, 0.2) is 5.69 Å². The van der Waals surface area contributed by atoms with E-state index in [0.29, 0.717) is 6.54 Å². The van der Waals surface area contributed by atoms with Gasteiger partial charge in [-0.2, -0.15) is 0 Å². The van der Waals surface area contributed by atoms with Crippen molar-refractivity contribution < 1.29 is 9.90 Å². The Kier molecular flexibility index (Phi) is 9.91. The summed E-state index contributed by atoms with van der Waals surface area (Å²) >= 11 is 0. The summed E-state index contributed by atoms with van der Waals surface area (Å²) in [6.07, 6.45) is 10.8. The normalized spacial score (nSPS) is 12.1. The largest absolute Gasteiger partial charge is 0.393 e. The van der Waals surface area contributed by atoms with E-state index in [0.717, 1.165) is 38.5 Å². The molecule has 24 heavy (non-hydrogen) atoms. The number of aromatic amines is 1. The van der Waals surface area contributed by atoms with E-state index in [1.54, 1.807) is 11.9 Å². The SMILES string of the molecule is CCC(O)CCCCCCCCCN(C)C(=O)c1[nH]cnc1N=O. The molecule has 0 aliphatic carbocycles. The van der Waals surface area contributed by atoms with Crippen molar-refractivity contribution in [3.63, 3.8) is 0 Å². The van der Waals surface area contributed by atoms with Gasteiger partial charge in [-0.05, 0) is 24.4 Å². The Bertz CT molecular complexity index is 490. The van der Waals surface area contributed by atoms with Crippen LogP contribution in [0.25, 0.3) is 0 Å². The number of hydrogen-bond acceptors (Lipinski definition) is 5. The fourth-order valence-electron chi connectivity index (χ4n) is 2.62. The zero-order valence-corrected chi connectivity index (χ0v) is 14.8. The summed E-state index contributed by atoms with van der Waals surface area (Å²) in [6, 6.07) is 0. The second kappa shape index (κ2) is 11.7. The highest BCUT2D eigenvalue weighted by Crippen LogP contribution is 2.15. The lowest BCUT2D eigenvalue weighted by Gasteiger charge is -2.16. The average Bonchev–Trinajstić information content (AvgIpc) is 3.07. The van der Waals surface area contributed by atoms with E-state index >= 15 is 0 Å². The van der Waals surface area contributed by atoms with Gasteiger partial charge < -0.3 is 15.0 Å². The van der Waals surface area contributed by atoms with Gasteiger partial charge in [0.05, 0.1) is 12.4 Å². The Morgan fingerprint density at radius 2 is 1.88 bits per heavy atom. The van der Waals surface area contributed by atoms with Crippen molar-refractivity contribution >= 4 is 11.7 Å². The molecule has 0 radical (unpaired) electrons. The molecular weight excluding hydrogens is 308 g/mol. The number of amides is 1. The first-order valence-electron chi connectivity index (χ1n) is 8.90. The number of nitroso groups, excluding NO2 is 1. The summed E-state index contributed by atoms with van der Waals surface area (Å²) in [5, 5.41) is 12.2. The van der Waals surface area contributed by atoms with Crippen molar-refractivity contribution in [2.75, 3.05) is 13.6 Å². The Labute approximate surface area is 143 Å². The van der Waals surface area contributed by atoms with Gasteiger partial charge in [-0.1, -0.05) is 45.4 Å². The molecule has 0 fully saturated rings. The fourth-order valence-corrected chi connectivity index (χ4v) is 2.62. The first-order chi connectivity index (χ1) is 11.6. The molecule has 0 saturated heterocycles. The molecule has 0 aliphatic heterocycles. The second-order valence-corrected chi connectivity index (χ2v) is 6.24. The summed E-state index contributed by atoms with van der Waals surface area (Å²) in [6.45, 7) is 2.66.